The molecule has 0 aliphatic rings. The van der Waals surface area contributed by atoms with Gasteiger partial charge < -0.3 is 9.84 Å². The van der Waals surface area contributed by atoms with Crippen molar-refractivity contribution in [1.82, 2.24) is 0 Å². The summed E-state index contributed by atoms with van der Waals surface area (Å²) in [6.45, 7) is 0. The van der Waals surface area contributed by atoms with Gasteiger partial charge in [0.2, 0.25) is 0 Å². The van der Waals surface area contributed by atoms with Crippen molar-refractivity contribution < 1.29 is 14.6 Å². The fourth-order valence-electron chi connectivity index (χ4n) is 1.30. The minimum atomic E-state index is -0.768. The minimum absolute atomic E-state index is 0.185. The number of rotatable bonds is 5. The first-order valence-corrected chi connectivity index (χ1v) is 5.05. The third-order valence-corrected chi connectivity index (χ3v) is 2.38. The van der Waals surface area contributed by atoms with Crippen LogP contribution in [0.4, 0.5) is 0 Å². The van der Waals surface area contributed by atoms with Gasteiger partial charge in [-0.25, -0.2) is 0 Å². The maximum Gasteiger partial charge on any atom is 0.303 e. The summed E-state index contributed by atoms with van der Waals surface area (Å²) in [4.78, 5) is 10.3. The van der Waals surface area contributed by atoms with E-state index in [1.54, 1.807) is 13.2 Å². The molecule has 1 aromatic carbocycles. The van der Waals surface area contributed by atoms with Crippen LogP contribution in [0, 0.1) is 0 Å². The molecule has 0 saturated carbocycles. The number of aliphatic carboxylic acids is 1. The first-order chi connectivity index (χ1) is 7.13. The SMILES string of the molecule is COc1cc(CCCC(=O)O)ccc1Cl. The number of carboxylic acid groups (broad SMARTS) is 1. The van der Waals surface area contributed by atoms with Crippen molar-refractivity contribution in [3.63, 3.8) is 0 Å². The molecule has 0 unspecified atom stereocenters. The Hall–Kier alpha value is -1.22. The zero-order chi connectivity index (χ0) is 11.3. The maximum absolute atomic E-state index is 10.3. The Morgan fingerprint density at radius 1 is 1.53 bits per heavy atom. The van der Waals surface area contributed by atoms with Crippen molar-refractivity contribution in [2.45, 2.75) is 19.3 Å². The number of carboxylic acids is 1. The molecule has 0 aromatic heterocycles. The molecule has 3 nitrogen and oxygen atoms in total. The second-order valence-electron chi connectivity index (χ2n) is 3.22. The van der Waals surface area contributed by atoms with Crippen molar-refractivity contribution in [3.05, 3.63) is 28.8 Å². The lowest BCUT2D eigenvalue weighted by Crippen LogP contribution is -1.96. The van der Waals surface area contributed by atoms with E-state index in [1.165, 1.54) is 0 Å². The number of methoxy groups -OCH3 is 1. The highest BCUT2D eigenvalue weighted by Crippen LogP contribution is 2.25. The van der Waals surface area contributed by atoms with Crippen LogP contribution >= 0.6 is 11.6 Å². The van der Waals surface area contributed by atoms with Crippen LogP contribution < -0.4 is 4.74 Å². The van der Waals surface area contributed by atoms with E-state index in [4.69, 9.17) is 21.4 Å². The van der Waals surface area contributed by atoms with Gasteiger partial charge in [-0.3, -0.25) is 4.79 Å². The highest BCUT2D eigenvalue weighted by atomic mass is 35.5. The molecule has 0 fully saturated rings. The molecule has 0 atom stereocenters. The highest BCUT2D eigenvalue weighted by Gasteiger charge is 2.03. The van der Waals surface area contributed by atoms with E-state index >= 15 is 0 Å². The number of aryl methyl sites for hydroxylation is 1. The molecule has 0 spiro atoms. The predicted molar refractivity (Wildman–Crippen MR) is 58.6 cm³/mol. The summed E-state index contributed by atoms with van der Waals surface area (Å²) in [5, 5.41) is 9.06. The van der Waals surface area contributed by atoms with Gasteiger partial charge in [0.25, 0.3) is 0 Å². The Balaban J connectivity index is 2.58. The van der Waals surface area contributed by atoms with Gasteiger partial charge >= 0.3 is 5.97 Å². The Morgan fingerprint density at radius 2 is 2.27 bits per heavy atom. The molecule has 1 rings (SSSR count). The molecule has 0 saturated heterocycles. The molecular formula is C11H13ClO3. The van der Waals surface area contributed by atoms with Crippen molar-refractivity contribution in [2.24, 2.45) is 0 Å². The zero-order valence-corrected chi connectivity index (χ0v) is 9.25. The summed E-state index contributed by atoms with van der Waals surface area (Å²) in [5.74, 6) is -0.138. The summed E-state index contributed by atoms with van der Waals surface area (Å²) < 4.78 is 5.06. The summed E-state index contributed by atoms with van der Waals surface area (Å²) >= 11 is 5.86. The van der Waals surface area contributed by atoms with E-state index in [2.05, 4.69) is 0 Å². The average Bonchev–Trinajstić information content (AvgIpc) is 2.20. The molecule has 15 heavy (non-hydrogen) atoms. The first-order valence-electron chi connectivity index (χ1n) is 4.67. The fourth-order valence-corrected chi connectivity index (χ4v) is 1.50. The number of hydrogen-bond acceptors (Lipinski definition) is 2. The quantitative estimate of drug-likeness (QED) is 0.843. The molecule has 82 valence electrons. The van der Waals surface area contributed by atoms with Crippen molar-refractivity contribution >= 4 is 17.6 Å². The van der Waals surface area contributed by atoms with E-state index < -0.39 is 5.97 Å². The number of ether oxygens (including phenoxy) is 1. The van der Waals surface area contributed by atoms with Gasteiger partial charge in [0, 0.05) is 6.42 Å². The molecule has 0 bridgehead atoms. The number of carbonyl (C=O) groups is 1. The standard InChI is InChI=1S/C11H13ClO3/c1-15-10-7-8(5-6-9(10)12)3-2-4-11(13)14/h5-7H,2-4H2,1H3,(H,13,14). The van der Waals surface area contributed by atoms with E-state index in [1.807, 2.05) is 12.1 Å². The molecule has 0 radical (unpaired) electrons. The van der Waals surface area contributed by atoms with E-state index in [-0.39, 0.29) is 6.42 Å². The number of halogens is 1. The minimum Gasteiger partial charge on any atom is -0.495 e. The lowest BCUT2D eigenvalue weighted by Gasteiger charge is -2.05. The molecular weight excluding hydrogens is 216 g/mol. The molecule has 1 N–H and O–H groups in total. The number of hydrogen-bond donors (Lipinski definition) is 1. The second-order valence-corrected chi connectivity index (χ2v) is 3.62. The van der Waals surface area contributed by atoms with Gasteiger partial charge in [-0.05, 0) is 30.5 Å². The van der Waals surface area contributed by atoms with Crippen LogP contribution in [0.5, 0.6) is 5.75 Å². The summed E-state index contributed by atoms with van der Waals surface area (Å²) in [6, 6.07) is 5.48. The van der Waals surface area contributed by atoms with E-state index in [0.29, 0.717) is 17.2 Å². The molecule has 0 aliphatic heterocycles. The van der Waals surface area contributed by atoms with E-state index in [0.717, 1.165) is 12.0 Å². The Kier molecular flexibility index (Phi) is 4.43. The molecule has 0 amide bonds. The summed E-state index contributed by atoms with van der Waals surface area (Å²) in [7, 11) is 1.56. The second kappa shape index (κ2) is 5.61. The van der Waals surface area contributed by atoms with Gasteiger partial charge in [-0.15, -0.1) is 0 Å². The van der Waals surface area contributed by atoms with Crippen LogP contribution in [0.15, 0.2) is 18.2 Å². The average molecular weight is 229 g/mol. The van der Waals surface area contributed by atoms with Crippen LogP contribution in [-0.2, 0) is 11.2 Å². The lowest BCUT2D eigenvalue weighted by atomic mass is 10.1. The highest BCUT2D eigenvalue weighted by molar-refractivity contribution is 6.32. The van der Waals surface area contributed by atoms with Gasteiger partial charge in [0.1, 0.15) is 5.75 Å². The Labute approximate surface area is 93.6 Å². The molecule has 1 aromatic rings. The van der Waals surface area contributed by atoms with Gasteiger partial charge in [0.05, 0.1) is 12.1 Å². The third kappa shape index (κ3) is 3.80. The van der Waals surface area contributed by atoms with Gasteiger partial charge in [-0.2, -0.15) is 0 Å². The number of benzene rings is 1. The maximum atomic E-state index is 10.3. The summed E-state index contributed by atoms with van der Waals surface area (Å²) in [6.07, 6.45) is 1.53. The van der Waals surface area contributed by atoms with Gasteiger partial charge in [0.15, 0.2) is 0 Å². The van der Waals surface area contributed by atoms with E-state index in [9.17, 15) is 4.79 Å². The largest absolute Gasteiger partial charge is 0.495 e. The van der Waals surface area contributed by atoms with Gasteiger partial charge in [-0.1, -0.05) is 17.7 Å². The predicted octanol–water partition coefficient (Wildman–Crippen LogP) is 2.76. The van der Waals surface area contributed by atoms with Crippen LogP contribution in [0.25, 0.3) is 0 Å². The Bertz CT molecular complexity index is 350. The smallest absolute Gasteiger partial charge is 0.303 e. The first kappa shape index (κ1) is 11.9. The fraction of sp³-hybridized carbons (Fsp3) is 0.364. The topological polar surface area (TPSA) is 46.5 Å². The summed E-state index contributed by atoms with van der Waals surface area (Å²) in [5.41, 5.74) is 1.04. The van der Waals surface area contributed by atoms with Crippen LogP contribution in [0.1, 0.15) is 18.4 Å². The van der Waals surface area contributed by atoms with Crippen LogP contribution in [0.3, 0.4) is 0 Å². The molecule has 0 heterocycles. The third-order valence-electron chi connectivity index (χ3n) is 2.07. The monoisotopic (exact) mass is 228 g/mol. The Morgan fingerprint density at radius 3 is 2.87 bits per heavy atom. The molecule has 4 heteroatoms. The lowest BCUT2D eigenvalue weighted by molar-refractivity contribution is -0.137. The normalized spacial score (nSPS) is 10.0. The zero-order valence-electron chi connectivity index (χ0n) is 8.50. The van der Waals surface area contributed by atoms with Crippen molar-refractivity contribution in [3.8, 4) is 5.75 Å². The molecule has 0 aliphatic carbocycles. The van der Waals surface area contributed by atoms with Crippen molar-refractivity contribution in [1.29, 1.82) is 0 Å². The van der Waals surface area contributed by atoms with Crippen LogP contribution in [-0.4, -0.2) is 18.2 Å². The van der Waals surface area contributed by atoms with Crippen molar-refractivity contribution in [2.75, 3.05) is 7.11 Å². The van der Waals surface area contributed by atoms with Crippen LogP contribution in [0.2, 0.25) is 5.02 Å².